The number of hydrogen-bond acceptors (Lipinski definition) is 5. The Labute approximate surface area is 115 Å². The molecule has 2 heterocycles. The minimum atomic E-state index is -4.52. The van der Waals surface area contributed by atoms with Gasteiger partial charge in [-0.25, -0.2) is 14.3 Å². The van der Waals surface area contributed by atoms with Gasteiger partial charge in [0, 0.05) is 6.07 Å². The maximum absolute atomic E-state index is 12.0. The van der Waals surface area contributed by atoms with Crippen molar-refractivity contribution in [1.82, 2.24) is 29.9 Å². The number of alkyl halides is 3. The molecule has 0 saturated heterocycles. The lowest BCUT2D eigenvalue weighted by Crippen LogP contribution is -2.38. The lowest BCUT2D eigenvalue weighted by molar-refractivity contribution is -0.138. The molecule has 11 heteroatoms. The number of halogens is 3. The Morgan fingerprint density at radius 1 is 1.33 bits per heavy atom. The molecule has 0 aliphatic rings. The van der Waals surface area contributed by atoms with Crippen LogP contribution in [-0.4, -0.2) is 43.2 Å². The van der Waals surface area contributed by atoms with Gasteiger partial charge in [-0.1, -0.05) is 0 Å². The van der Waals surface area contributed by atoms with E-state index in [2.05, 4.69) is 15.2 Å². The molecule has 2 rings (SSSR count). The van der Waals surface area contributed by atoms with Crippen molar-refractivity contribution in [2.24, 2.45) is 0 Å². The summed E-state index contributed by atoms with van der Waals surface area (Å²) in [6.45, 7) is -2.10. The molecule has 0 radical (unpaired) electrons. The fraction of sp³-hybridized carbons (Fsp3) is 0.300. The van der Waals surface area contributed by atoms with Gasteiger partial charge in [-0.3, -0.25) is 9.59 Å². The zero-order valence-electron chi connectivity index (χ0n) is 10.4. The molecule has 0 bridgehead atoms. The van der Waals surface area contributed by atoms with Crippen LogP contribution >= 0.6 is 0 Å². The molecule has 1 amide bonds. The Balaban J connectivity index is 2.11. The van der Waals surface area contributed by atoms with E-state index in [0.717, 1.165) is 10.7 Å². The van der Waals surface area contributed by atoms with Crippen LogP contribution in [0.25, 0.3) is 5.82 Å². The first kappa shape index (κ1) is 14.7. The molecule has 0 aromatic carbocycles. The summed E-state index contributed by atoms with van der Waals surface area (Å²) in [4.78, 5) is 26.6. The van der Waals surface area contributed by atoms with Gasteiger partial charge in [0.1, 0.15) is 25.7 Å². The minimum absolute atomic E-state index is 0.204. The number of rotatable bonds is 4. The van der Waals surface area contributed by atoms with Crippen LogP contribution in [0, 0.1) is 0 Å². The summed E-state index contributed by atoms with van der Waals surface area (Å²) in [5, 5.41) is 9.26. The van der Waals surface area contributed by atoms with Gasteiger partial charge in [0.2, 0.25) is 5.91 Å². The van der Waals surface area contributed by atoms with Crippen molar-refractivity contribution >= 4 is 5.91 Å². The van der Waals surface area contributed by atoms with E-state index < -0.39 is 30.7 Å². The quantitative estimate of drug-likeness (QED) is 0.822. The van der Waals surface area contributed by atoms with Gasteiger partial charge < -0.3 is 5.32 Å². The van der Waals surface area contributed by atoms with E-state index in [9.17, 15) is 22.8 Å². The molecule has 8 nitrogen and oxygen atoms in total. The van der Waals surface area contributed by atoms with Gasteiger partial charge in [-0.05, 0) is 6.07 Å². The Morgan fingerprint density at radius 3 is 2.71 bits per heavy atom. The van der Waals surface area contributed by atoms with E-state index in [1.165, 1.54) is 23.4 Å². The molecule has 0 atom stereocenters. The first-order chi connectivity index (χ1) is 9.85. The van der Waals surface area contributed by atoms with Crippen molar-refractivity contribution in [2.75, 3.05) is 6.54 Å². The standard InChI is InChI=1S/C10H9F3N6O2/c11-10(12,13)4-15-8(20)3-18-9(21)2-1-7(17-18)19-6-14-5-16-19/h1-2,5-6H,3-4H2,(H,15,20). The molecule has 2 aromatic heterocycles. The average molecular weight is 302 g/mol. The second-order valence-corrected chi connectivity index (χ2v) is 3.92. The number of hydrogen-bond donors (Lipinski definition) is 1. The third kappa shape index (κ3) is 4.12. The highest BCUT2D eigenvalue weighted by atomic mass is 19.4. The van der Waals surface area contributed by atoms with Crippen molar-refractivity contribution < 1.29 is 18.0 Å². The first-order valence-corrected chi connectivity index (χ1v) is 5.62. The minimum Gasteiger partial charge on any atom is -0.345 e. The Morgan fingerprint density at radius 2 is 2.10 bits per heavy atom. The van der Waals surface area contributed by atoms with E-state index in [0.29, 0.717) is 0 Å². The lowest BCUT2D eigenvalue weighted by atomic mass is 10.5. The van der Waals surface area contributed by atoms with Crippen LogP contribution in [-0.2, 0) is 11.3 Å². The normalized spacial score (nSPS) is 11.4. The van der Waals surface area contributed by atoms with E-state index in [1.54, 1.807) is 5.32 Å². The number of nitrogens with zero attached hydrogens (tertiary/aromatic N) is 5. The van der Waals surface area contributed by atoms with Gasteiger partial charge in [-0.2, -0.15) is 18.3 Å². The molecule has 0 unspecified atom stereocenters. The van der Waals surface area contributed by atoms with Gasteiger partial charge in [0.05, 0.1) is 0 Å². The molecule has 0 spiro atoms. The van der Waals surface area contributed by atoms with Gasteiger partial charge in [-0.15, -0.1) is 5.10 Å². The topological polar surface area (TPSA) is 94.7 Å². The molecular weight excluding hydrogens is 293 g/mol. The highest BCUT2D eigenvalue weighted by molar-refractivity contribution is 5.75. The fourth-order valence-electron chi connectivity index (χ4n) is 1.39. The monoisotopic (exact) mass is 302 g/mol. The zero-order chi connectivity index (χ0) is 15.5. The van der Waals surface area contributed by atoms with E-state index >= 15 is 0 Å². The fourth-order valence-corrected chi connectivity index (χ4v) is 1.39. The van der Waals surface area contributed by atoms with E-state index in [4.69, 9.17) is 0 Å². The summed E-state index contributed by atoms with van der Waals surface area (Å²) >= 11 is 0. The van der Waals surface area contributed by atoms with Gasteiger partial charge >= 0.3 is 6.18 Å². The van der Waals surface area contributed by atoms with Crippen LogP contribution in [0.2, 0.25) is 0 Å². The van der Waals surface area contributed by atoms with E-state index in [1.807, 2.05) is 0 Å². The van der Waals surface area contributed by atoms with Crippen molar-refractivity contribution in [3.05, 3.63) is 35.1 Å². The SMILES string of the molecule is O=C(Cn1nc(-n2cncn2)ccc1=O)NCC(F)(F)F. The first-order valence-electron chi connectivity index (χ1n) is 5.62. The highest BCUT2D eigenvalue weighted by Crippen LogP contribution is 2.11. The maximum atomic E-state index is 12.0. The summed E-state index contributed by atoms with van der Waals surface area (Å²) < 4.78 is 37.9. The van der Waals surface area contributed by atoms with E-state index in [-0.39, 0.29) is 5.82 Å². The molecule has 0 saturated carbocycles. The second kappa shape index (κ2) is 5.73. The number of carbonyl (C=O) groups is 1. The predicted molar refractivity (Wildman–Crippen MR) is 62.5 cm³/mol. The van der Waals surface area contributed by atoms with Crippen LogP contribution in [0.3, 0.4) is 0 Å². The Bertz CT molecular complexity index is 679. The number of nitrogens with one attached hydrogen (secondary N) is 1. The zero-order valence-corrected chi connectivity index (χ0v) is 10.4. The summed E-state index contributed by atoms with van der Waals surface area (Å²) in [7, 11) is 0. The summed E-state index contributed by atoms with van der Waals surface area (Å²) in [6.07, 6.45) is -1.95. The second-order valence-electron chi connectivity index (χ2n) is 3.92. The molecule has 21 heavy (non-hydrogen) atoms. The number of aromatic nitrogens is 5. The van der Waals surface area contributed by atoms with Crippen molar-refractivity contribution in [1.29, 1.82) is 0 Å². The van der Waals surface area contributed by atoms with Crippen LogP contribution in [0.4, 0.5) is 13.2 Å². The van der Waals surface area contributed by atoms with Gasteiger partial charge in [0.15, 0.2) is 5.82 Å². The Hall–Kier alpha value is -2.72. The van der Waals surface area contributed by atoms with Crippen LogP contribution in [0.5, 0.6) is 0 Å². The number of carbonyl (C=O) groups excluding carboxylic acids is 1. The van der Waals surface area contributed by atoms with Crippen molar-refractivity contribution in [3.8, 4) is 5.82 Å². The van der Waals surface area contributed by atoms with Crippen molar-refractivity contribution in [2.45, 2.75) is 12.7 Å². The summed E-state index contributed by atoms with van der Waals surface area (Å²) in [5.74, 6) is -0.770. The number of amides is 1. The summed E-state index contributed by atoms with van der Waals surface area (Å²) in [6, 6.07) is 2.47. The Kier molecular flexibility index (Phi) is 4.00. The average Bonchev–Trinajstić information content (AvgIpc) is 2.92. The molecule has 1 N–H and O–H groups in total. The maximum Gasteiger partial charge on any atom is 0.405 e. The third-order valence-electron chi connectivity index (χ3n) is 2.29. The molecule has 0 aliphatic heterocycles. The predicted octanol–water partition coefficient (Wildman–Crippen LogP) is -0.498. The smallest absolute Gasteiger partial charge is 0.345 e. The van der Waals surface area contributed by atoms with Crippen molar-refractivity contribution in [3.63, 3.8) is 0 Å². The molecule has 2 aromatic rings. The van der Waals surface area contributed by atoms with Crippen LogP contribution < -0.4 is 10.9 Å². The molecular formula is C10H9F3N6O2. The molecule has 0 fully saturated rings. The third-order valence-corrected chi connectivity index (χ3v) is 2.29. The lowest BCUT2D eigenvalue weighted by Gasteiger charge is -2.09. The largest absolute Gasteiger partial charge is 0.405 e. The summed E-state index contributed by atoms with van der Waals surface area (Å²) in [5.41, 5.74) is -0.624. The van der Waals surface area contributed by atoms with Crippen LogP contribution in [0.15, 0.2) is 29.6 Å². The van der Waals surface area contributed by atoms with Gasteiger partial charge in [0.25, 0.3) is 5.56 Å². The highest BCUT2D eigenvalue weighted by Gasteiger charge is 2.27. The van der Waals surface area contributed by atoms with Crippen LogP contribution in [0.1, 0.15) is 0 Å². The molecule has 112 valence electrons. The molecule has 0 aliphatic carbocycles.